The lowest BCUT2D eigenvalue weighted by atomic mass is 9.87. The molecule has 10 rings (SSSR count). The van der Waals surface area contributed by atoms with Gasteiger partial charge in [-0.15, -0.1) is 0 Å². The summed E-state index contributed by atoms with van der Waals surface area (Å²) < 4.78 is 60.2. The third kappa shape index (κ3) is 6.65. The van der Waals surface area contributed by atoms with Crippen LogP contribution in [-0.2, 0) is 29.1 Å². The van der Waals surface area contributed by atoms with Crippen molar-refractivity contribution in [2.45, 2.75) is 82.7 Å². The van der Waals surface area contributed by atoms with Gasteiger partial charge in [-0.05, 0) is 79.6 Å². The number of nitrogens with zero attached hydrogens (tertiary/aromatic N) is 6. The number of aromatic amines is 1. The zero-order valence-corrected chi connectivity index (χ0v) is 33.5. The molecule has 7 heterocycles. The largest absolute Gasteiger partial charge is 0.357 e. The zero-order chi connectivity index (χ0) is 43.1. The number of aromatic nitrogens is 3. The Morgan fingerprint density at radius 3 is 2.16 bits per heavy atom. The van der Waals surface area contributed by atoms with Crippen molar-refractivity contribution in [1.29, 1.82) is 0 Å². The second-order valence-corrected chi connectivity index (χ2v) is 16.8. The lowest BCUT2D eigenvalue weighted by molar-refractivity contribution is -0.136. The maximum Gasteiger partial charge on any atom is 0.262 e. The van der Waals surface area contributed by atoms with Crippen molar-refractivity contribution in [2.75, 3.05) is 19.6 Å². The van der Waals surface area contributed by atoms with Crippen LogP contribution in [0.1, 0.15) is 97.7 Å². The van der Waals surface area contributed by atoms with Gasteiger partial charge in [0, 0.05) is 84.8 Å². The van der Waals surface area contributed by atoms with E-state index in [2.05, 4.69) is 25.2 Å². The number of alkyl halides is 2. The van der Waals surface area contributed by atoms with Crippen LogP contribution in [0.2, 0.25) is 0 Å². The Morgan fingerprint density at radius 1 is 0.887 bits per heavy atom. The Morgan fingerprint density at radius 2 is 1.53 bits per heavy atom. The summed E-state index contributed by atoms with van der Waals surface area (Å²) in [7, 11) is 0. The molecular weight excluding hydrogens is 809 g/mol. The number of fused-ring (bicyclic) bond motifs is 5. The number of likely N-dealkylation sites (tertiary alicyclic amines) is 1. The van der Waals surface area contributed by atoms with Crippen LogP contribution in [0.4, 0.5) is 17.6 Å². The number of hydrogen-bond donors (Lipinski definition) is 2. The van der Waals surface area contributed by atoms with E-state index in [1.807, 2.05) is 24.3 Å². The zero-order valence-electron chi connectivity index (χ0n) is 33.5. The first-order valence-electron chi connectivity index (χ1n) is 20.7. The minimum atomic E-state index is -2.73. The number of amides is 5. The fourth-order valence-electron chi connectivity index (χ4n) is 10.1. The van der Waals surface area contributed by atoms with Crippen molar-refractivity contribution >= 4 is 40.4 Å². The summed E-state index contributed by atoms with van der Waals surface area (Å²) in [5.74, 6) is -4.34. The third-order valence-corrected chi connectivity index (χ3v) is 13.2. The van der Waals surface area contributed by atoms with Gasteiger partial charge in [0.05, 0.1) is 29.3 Å². The maximum atomic E-state index is 16.2. The van der Waals surface area contributed by atoms with E-state index in [9.17, 15) is 32.8 Å². The summed E-state index contributed by atoms with van der Waals surface area (Å²) in [4.78, 5) is 82.6. The molecule has 3 aromatic carbocycles. The molecule has 3 atom stereocenters. The first-order chi connectivity index (χ1) is 29.8. The summed E-state index contributed by atoms with van der Waals surface area (Å²) in [6.07, 6.45) is 1.82. The van der Waals surface area contributed by atoms with E-state index < -0.39 is 66.4 Å². The first kappa shape index (κ1) is 39.8. The molecule has 5 aromatic rings. The van der Waals surface area contributed by atoms with Gasteiger partial charge < -0.3 is 9.88 Å². The van der Waals surface area contributed by atoms with Crippen LogP contribution < -0.4 is 5.32 Å². The maximum absolute atomic E-state index is 16.2. The Kier molecular flexibility index (Phi) is 9.78. The van der Waals surface area contributed by atoms with Crippen molar-refractivity contribution in [2.24, 2.45) is 0 Å². The number of hydrogen-bond acceptors (Lipinski definition) is 9. The van der Waals surface area contributed by atoms with E-state index in [-0.39, 0.29) is 58.4 Å². The summed E-state index contributed by atoms with van der Waals surface area (Å²) in [6, 6.07) is 10.6. The molecule has 0 aliphatic carbocycles. The second-order valence-electron chi connectivity index (χ2n) is 16.8. The second kappa shape index (κ2) is 15.2. The van der Waals surface area contributed by atoms with Crippen LogP contribution in [-0.4, -0.2) is 108 Å². The molecule has 2 fully saturated rings. The highest BCUT2D eigenvalue weighted by atomic mass is 19.3. The fraction of sp³-hybridized carbons (Fsp3) is 0.356. The quantitative estimate of drug-likeness (QED) is 0.159. The smallest absolute Gasteiger partial charge is 0.262 e. The van der Waals surface area contributed by atoms with Crippen molar-refractivity contribution in [3.63, 3.8) is 0 Å². The minimum Gasteiger partial charge on any atom is -0.357 e. The Balaban J connectivity index is 0.799. The average molecular weight is 849 g/mol. The SMILES string of the molecule is C[C@@H]1Cc2c([nH]c3ccccc23)[C@@H](c2c(F)cc(-c3ncc(C(=O)N4CCC(N5Cc6cc7c(cc6C5)C(=O)N(C5CCC(=O)NC5=O)C7=O)CC4)cn3)cc2F)N1CC(F)F. The number of piperidine rings is 2. The topological polar surface area (TPSA) is 152 Å². The molecule has 5 aliphatic heterocycles. The predicted octanol–water partition coefficient (Wildman–Crippen LogP) is 5.53. The van der Waals surface area contributed by atoms with Gasteiger partial charge in [-0.2, -0.15) is 0 Å². The van der Waals surface area contributed by atoms with Crippen LogP contribution in [0, 0.1) is 11.6 Å². The Hall–Kier alpha value is -6.33. The van der Waals surface area contributed by atoms with E-state index in [1.54, 1.807) is 24.0 Å². The highest BCUT2D eigenvalue weighted by Crippen LogP contribution is 2.43. The lowest BCUT2D eigenvalue weighted by Gasteiger charge is -2.41. The van der Waals surface area contributed by atoms with E-state index in [0.29, 0.717) is 51.1 Å². The van der Waals surface area contributed by atoms with Gasteiger partial charge in [0.2, 0.25) is 11.8 Å². The minimum absolute atomic E-state index is 0.0102. The van der Waals surface area contributed by atoms with Gasteiger partial charge >= 0.3 is 0 Å². The van der Waals surface area contributed by atoms with Gasteiger partial charge in [-0.1, -0.05) is 18.2 Å². The number of carbonyl (C=O) groups excluding carboxylic acids is 5. The number of carbonyl (C=O) groups is 5. The van der Waals surface area contributed by atoms with Crippen LogP contribution in [0.15, 0.2) is 60.9 Å². The summed E-state index contributed by atoms with van der Waals surface area (Å²) in [5.41, 5.74) is 4.28. The molecule has 17 heteroatoms. The van der Waals surface area contributed by atoms with E-state index >= 15 is 8.78 Å². The number of nitrogens with one attached hydrogen (secondary N) is 2. The highest BCUT2D eigenvalue weighted by molar-refractivity contribution is 6.23. The molecule has 0 saturated carbocycles. The normalized spacial score (nSPS) is 22.1. The van der Waals surface area contributed by atoms with Gasteiger partial charge in [0.1, 0.15) is 17.7 Å². The lowest BCUT2D eigenvalue weighted by Crippen LogP contribution is -2.54. The molecule has 0 radical (unpaired) electrons. The van der Waals surface area contributed by atoms with Gasteiger partial charge in [-0.25, -0.2) is 27.5 Å². The summed E-state index contributed by atoms with van der Waals surface area (Å²) in [6.45, 7) is 3.11. The average Bonchev–Trinajstić information content (AvgIpc) is 3.92. The molecule has 2 N–H and O–H groups in total. The predicted molar refractivity (Wildman–Crippen MR) is 215 cm³/mol. The molecule has 318 valence electrons. The van der Waals surface area contributed by atoms with E-state index in [0.717, 1.165) is 44.6 Å². The van der Waals surface area contributed by atoms with Crippen LogP contribution in [0.5, 0.6) is 0 Å². The number of para-hydroxylation sites is 1. The van der Waals surface area contributed by atoms with Crippen molar-refractivity contribution in [1.82, 2.24) is 39.9 Å². The number of rotatable bonds is 7. The number of H-pyrrole nitrogens is 1. The van der Waals surface area contributed by atoms with Gasteiger partial charge in [0.25, 0.3) is 24.1 Å². The monoisotopic (exact) mass is 848 g/mol. The van der Waals surface area contributed by atoms with Gasteiger partial charge in [-0.3, -0.25) is 44.0 Å². The molecule has 1 unspecified atom stereocenters. The van der Waals surface area contributed by atoms with E-state index in [4.69, 9.17) is 0 Å². The van der Waals surface area contributed by atoms with Crippen molar-refractivity contribution < 1.29 is 41.5 Å². The molecule has 5 aliphatic rings. The molecule has 5 amide bonds. The Bertz CT molecular complexity index is 2650. The summed E-state index contributed by atoms with van der Waals surface area (Å²) in [5, 5.41) is 3.09. The number of halogens is 4. The summed E-state index contributed by atoms with van der Waals surface area (Å²) >= 11 is 0. The molecular formula is C45H40F4N8O5. The van der Waals surface area contributed by atoms with Crippen LogP contribution in [0.25, 0.3) is 22.3 Å². The Labute approximate surface area is 352 Å². The fourth-order valence-corrected chi connectivity index (χ4v) is 10.1. The molecule has 0 bridgehead atoms. The number of imide groups is 2. The van der Waals surface area contributed by atoms with Crippen LogP contribution in [0.3, 0.4) is 0 Å². The van der Waals surface area contributed by atoms with Crippen molar-refractivity contribution in [3.8, 4) is 11.4 Å². The first-order valence-corrected chi connectivity index (χ1v) is 20.7. The van der Waals surface area contributed by atoms with E-state index in [1.165, 1.54) is 17.3 Å². The van der Waals surface area contributed by atoms with Gasteiger partial charge in [0.15, 0.2) is 5.82 Å². The highest BCUT2D eigenvalue weighted by Gasteiger charge is 2.46. The van der Waals surface area contributed by atoms with Crippen LogP contribution >= 0.6 is 0 Å². The molecule has 2 aromatic heterocycles. The number of benzene rings is 3. The molecule has 2 saturated heterocycles. The molecule has 0 spiro atoms. The standard InChI is InChI=1S/C45H40F4N8O5/c1-22-12-29-28-4-2-3-5-34(28)52-39(29)40(56(22)21-36(48)49)38-32(46)15-23(16-33(38)47)41-50-17-26(18-51-41)43(60)54-10-8-27(9-11-54)55-19-24-13-30-31(14-25(24)20-55)45(62)57(44(30)61)35-6-7-37(58)53-42(35)59/h2-5,13-18,22,27,35-36,40,52H,6-12,19-21H2,1H3,(H,53,58,59)/t22-,35?,40-/m1/s1. The third-order valence-electron chi connectivity index (χ3n) is 13.2. The van der Waals surface area contributed by atoms with Crippen molar-refractivity contribution in [3.05, 3.63) is 117 Å². The molecule has 62 heavy (non-hydrogen) atoms. The molecule has 13 nitrogen and oxygen atoms in total.